The first-order valence-electron chi connectivity index (χ1n) is 5.31. The lowest BCUT2D eigenvalue weighted by molar-refractivity contribution is -0.136. The van der Waals surface area contributed by atoms with Crippen LogP contribution in [0.2, 0.25) is 0 Å². The van der Waals surface area contributed by atoms with Gasteiger partial charge in [0.2, 0.25) is 11.8 Å². The Balaban J connectivity index is 2.52. The van der Waals surface area contributed by atoms with E-state index >= 15 is 0 Å². The van der Waals surface area contributed by atoms with Crippen LogP contribution in [-0.2, 0) is 4.79 Å². The van der Waals surface area contributed by atoms with Gasteiger partial charge in [0.15, 0.2) is 0 Å². The molecule has 2 N–H and O–H groups in total. The average molecular weight is 220 g/mol. The molecule has 1 rings (SSSR count). The largest absolute Gasteiger partial charge is 0.342 e. The Labute approximate surface area is 88.6 Å². The number of carbonyl (C=O) groups excluding carboxylic acids is 1. The maximum atomic E-state index is 13.1. The highest BCUT2D eigenvalue weighted by atomic mass is 19.3. The number of halogens is 2. The van der Waals surface area contributed by atoms with Crippen molar-refractivity contribution in [3.8, 4) is 0 Å². The minimum atomic E-state index is -2.69. The smallest absolute Gasteiger partial charge is 0.249 e. The number of nitrogens with zero attached hydrogens (tertiary/aromatic N) is 1. The summed E-state index contributed by atoms with van der Waals surface area (Å²) in [6, 6.07) is 0. The van der Waals surface area contributed by atoms with E-state index in [1.165, 1.54) is 4.90 Å². The molecule has 1 aliphatic heterocycles. The van der Waals surface area contributed by atoms with Crippen LogP contribution in [0.5, 0.6) is 0 Å². The zero-order valence-corrected chi connectivity index (χ0v) is 9.01. The third-order valence-electron chi connectivity index (χ3n) is 2.85. The van der Waals surface area contributed by atoms with Crippen molar-refractivity contribution in [2.24, 2.45) is 11.7 Å². The van der Waals surface area contributed by atoms with Gasteiger partial charge in [0, 0.05) is 32.0 Å². The third-order valence-corrected chi connectivity index (χ3v) is 2.85. The molecule has 0 spiro atoms. The van der Waals surface area contributed by atoms with Crippen LogP contribution in [0.25, 0.3) is 0 Å². The number of hydrogen-bond acceptors (Lipinski definition) is 2. The van der Waals surface area contributed by atoms with Gasteiger partial charge in [0.25, 0.3) is 0 Å². The molecule has 0 aromatic rings. The number of nitrogens with two attached hydrogens (primary N) is 1. The van der Waals surface area contributed by atoms with Gasteiger partial charge in [-0.25, -0.2) is 8.78 Å². The number of hydrogen-bond donors (Lipinski definition) is 1. The molecule has 5 heteroatoms. The summed E-state index contributed by atoms with van der Waals surface area (Å²) in [7, 11) is 0. The Bertz CT molecular complexity index is 228. The number of carbonyl (C=O) groups is 1. The van der Waals surface area contributed by atoms with E-state index in [4.69, 9.17) is 5.73 Å². The molecule has 3 nitrogen and oxygen atoms in total. The van der Waals surface area contributed by atoms with E-state index in [-0.39, 0.29) is 25.4 Å². The highest BCUT2D eigenvalue weighted by Crippen LogP contribution is 2.31. The molecule has 1 fully saturated rings. The molecule has 1 saturated heterocycles. The number of likely N-dealkylation sites (tertiary alicyclic amines) is 1. The summed E-state index contributed by atoms with van der Waals surface area (Å²) in [5.41, 5.74) is 5.26. The lowest BCUT2D eigenvalue weighted by atomic mass is 9.92. The van der Waals surface area contributed by atoms with E-state index in [2.05, 4.69) is 0 Å². The van der Waals surface area contributed by atoms with Crippen LogP contribution in [0.4, 0.5) is 8.78 Å². The molecule has 0 aromatic carbocycles. The van der Waals surface area contributed by atoms with Crippen molar-refractivity contribution in [3.63, 3.8) is 0 Å². The summed E-state index contributed by atoms with van der Waals surface area (Å²) in [4.78, 5) is 13.0. The molecule has 0 aromatic heterocycles. The van der Waals surface area contributed by atoms with Crippen LogP contribution in [-0.4, -0.2) is 36.4 Å². The maximum absolute atomic E-state index is 13.1. The topological polar surface area (TPSA) is 46.3 Å². The predicted molar refractivity (Wildman–Crippen MR) is 53.6 cm³/mol. The van der Waals surface area contributed by atoms with Gasteiger partial charge in [0.05, 0.1) is 0 Å². The zero-order chi connectivity index (χ0) is 11.5. The Morgan fingerprint density at radius 3 is 2.80 bits per heavy atom. The first-order chi connectivity index (χ1) is 6.95. The summed E-state index contributed by atoms with van der Waals surface area (Å²) < 4.78 is 26.1. The third kappa shape index (κ3) is 3.41. The van der Waals surface area contributed by atoms with Gasteiger partial charge in [-0.15, -0.1) is 0 Å². The lowest BCUT2D eigenvalue weighted by Gasteiger charge is -2.35. The number of piperidine rings is 1. The van der Waals surface area contributed by atoms with E-state index in [9.17, 15) is 13.6 Å². The van der Waals surface area contributed by atoms with Crippen molar-refractivity contribution >= 4 is 5.91 Å². The summed E-state index contributed by atoms with van der Waals surface area (Å²) in [6.45, 7) is 1.96. The van der Waals surface area contributed by atoms with Gasteiger partial charge in [-0.3, -0.25) is 4.79 Å². The van der Waals surface area contributed by atoms with Crippen molar-refractivity contribution in [3.05, 3.63) is 0 Å². The standard InChI is InChI=1S/C10H18F2N2O/c1-10(11,12)8-3-2-6-14(7-8)9(15)4-5-13/h8H,2-7,13H2,1H3/t8-/m1/s1. The Hall–Kier alpha value is -0.710. The van der Waals surface area contributed by atoms with Gasteiger partial charge in [-0.05, 0) is 19.8 Å². The predicted octanol–water partition coefficient (Wildman–Crippen LogP) is 1.23. The van der Waals surface area contributed by atoms with Crippen LogP contribution in [0.15, 0.2) is 0 Å². The van der Waals surface area contributed by atoms with Crippen molar-refractivity contribution < 1.29 is 13.6 Å². The van der Waals surface area contributed by atoms with E-state index in [0.717, 1.165) is 6.92 Å². The fraction of sp³-hybridized carbons (Fsp3) is 0.900. The van der Waals surface area contributed by atoms with Gasteiger partial charge in [0.1, 0.15) is 0 Å². The first kappa shape index (κ1) is 12.4. The van der Waals surface area contributed by atoms with E-state index in [0.29, 0.717) is 19.4 Å². The Morgan fingerprint density at radius 1 is 1.60 bits per heavy atom. The number of amides is 1. The quantitative estimate of drug-likeness (QED) is 0.777. The number of rotatable bonds is 3. The van der Waals surface area contributed by atoms with Crippen molar-refractivity contribution in [2.45, 2.75) is 32.1 Å². The van der Waals surface area contributed by atoms with Crippen molar-refractivity contribution in [1.82, 2.24) is 4.90 Å². The molecule has 1 heterocycles. The molecule has 0 radical (unpaired) electrons. The summed E-state index contributed by atoms with van der Waals surface area (Å²) in [6.07, 6.45) is 1.41. The van der Waals surface area contributed by atoms with Crippen LogP contribution in [0.3, 0.4) is 0 Å². The molecule has 0 unspecified atom stereocenters. The van der Waals surface area contributed by atoms with Crippen LogP contribution < -0.4 is 5.73 Å². The fourth-order valence-corrected chi connectivity index (χ4v) is 1.90. The molecular formula is C10H18F2N2O. The van der Waals surface area contributed by atoms with Crippen LogP contribution in [0, 0.1) is 5.92 Å². The molecule has 0 saturated carbocycles. The van der Waals surface area contributed by atoms with Crippen LogP contribution in [0.1, 0.15) is 26.2 Å². The Morgan fingerprint density at radius 2 is 2.27 bits per heavy atom. The molecule has 0 aliphatic carbocycles. The normalized spacial score (nSPS) is 22.9. The second-order valence-corrected chi connectivity index (χ2v) is 4.17. The molecule has 0 bridgehead atoms. The van der Waals surface area contributed by atoms with Gasteiger partial charge in [-0.2, -0.15) is 0 Å². The molecule has 15 heavy (non-hydrogen) atoms. The average Bonchev–Trinajstić information content (AvgIpc) is 2.17. The fourth-order valence-electron chi connectivity index (χ4n) is 1.90. The van der Waals surface area contributed by atoms with E-state index in [1.807, 2.05) is 0 Å². The molecular weight excluding hydrogens is 202 g/mol. The minimum Gasteiger partial charge on any atom is -0.342 e. The van der Waals surface area contributed by atoms with Crippen LogP contribution >= 0.6 is 0 Å². The summed E-state index contributed by atoms with van der Waals surface area (Å²) in [5, 5.41) is 0. The van der Waals surface area contributed by atoms with Gasteiger partial charge in [-0.1, -0.05) is 0 Å². The highest BCUT2D eigenvalue weighted by Gasteiger charge is 2.37. The molecule has 88 valence electrons. The van der Waals surface area contributed by atoms with Gasteiger partial charge < -0.3 is 10.6 Å². The second-order valence-electron chi connectivity index (χ2n) is 4.17. The second kappa shape index (κ2) is 4.88. The minimum absolute atomic E-state index is 0.105. The van der Waals surface area contributed by atoms with Gasteiger partial charge >= 0.3 is 0 Å². The van der Waals surface area contributed by atoms with Crippen molar-refractivity contribution in [1.29, 1.82) is 0 Å². The molecule has 1 aliphatic rings. The zero-order valence-electron chi connectivity index (χ0n) is 9.01. The summed E-state index contributed by atoms with van der Waals surface area (Å²) >= 11 is 0. The van der Waals surface area contributed by atoms with E-state index in [1.54, 1.807) is 0 Å². The number of alkyl halides is 2. The summed E-state index contributed by atoms with van der Waals surface area (Å²) in [5.74, 6) is -3.50. The SMILES string of the molecule is CC(F)(F)[C@@H]1CCCN(C(=O)CCN)C1. The monoisotopic (exact) mass is 220 g/mol. The Kier molecular flexibility index (Phi) is 4.02. The van der Waals surface area contributed by atoms with E-state index < -0.39 is 11.8 Å². The molecule has 1 amide bonds. The highest BCUT2D eigenvalue weighted by molar-refractivity contribution is 5.76. The maximum Gasteiger partial charge on any atom is 0.249 e. The lowest BCUT2D eigenvalue weighted by Crippen LogP contribution is -2.45. The first-order valence-corrected chi connectivity index (χ1v) is 5.31. The van der Waals surface area contributed by atoms with Crippen molar-refractivity contribution in [2.75, 3.05) is 19.6 Å². The molecule has 1 atom stereocenters.